The van der Waals surface area contributed by atoms with Gasteiger partial charge in [0.25, 0.3) is 0 Å². The fourth-order valence-corrected chi connectivity index (χ4v) is 4.34. The predicted molar refractivity (Wildman–Crippen MR) is 109 cm³/mol. The Balaban J connectivity index is 1.70. The highest BCUT2D eigenvalue weighted by molar-refractivity contribution is 5.80. The number of carbonyl (C=O) groups excluding carboxylic acids is 2. The molecule has 0 aromatic carbocycles. The zero-order valence-electron chi connectivity index (χ0n) is 17.4. The van der Waals surface area contributed by atoms with Crippen molar-refractivity contribution in [2.45, 2.75) is 75.9 Å². The van der Waals surface area contributed by atoms with Crippen LogP contribution in [0.2, 0.25) is 0 Å². The second kappa shape index (κ2) is 12.5. The third kappa shape index (κ3) is 9.08. The maximum absolute atomic E-state index is 12.5. The van der Waals surface area contributed by atoms with Crippen LogP contribution >= 0.6 is 0 Å². The Morgan fingerprint density at radius 1 is 0.700 bits per heavy atom. The first-order chi connectivity index (χ1) is 14.3. The molecular formula is C20H34N4O6. The van der Waals surface area contributed by atoms with Crippen molar-refractivity contribution in [2.24, 2.45) is 0 Å². The van der Waals surface area contributed by atoms with E-state index in [0.717, 1.165) is 51.4 Å². The van der Waals surface area contributed by atoms with E-state index < -0.39 is 11.9 Å². The zero-order chi connectivity index (χ0) is 21.9. The van der Waals surface area contributed by atoms with Crippen LogP contribution in [0.25, 0.3) is 0 Å². The highest BCUT2D eigenvalue weighted by Crippen LogP contribution is 2.23. The molecule has 2 saturated carbocycles. The number of carboxylic acids is 2. The Kier molecular flexibility index (Phi) is 10.0. The lowest BCUT2D eigenvalue weighted by Crippen LogP contribution is -2.50. The first-order valence-electron chi connectivity index (χ1n) is 10.8. The van der Waals surface area contributed by atoms with Crippen LogP contribution in [0.5, 0.6) is 0 Å². The number of nitrogens with zero attached hydrogens (tertiary/aromatic N) is 1. The maximum atomic E-state index is 12.5. The molecule has 0 heterocycles. The second-order valence-electron chi connectivity index (χ2n) is 8.27. The van der Waals surface area contributed by atoms with Crippen molar-refractivity contribution >= 4 is 23.8 Å². The largest absolute Gasteiger partial charge is 0.480 e. The molecule has 5 N–H and O–H groups in total. The SMILES string of the molecule is O=C(O)CNCC(=O)NC1CCC(NC(=O)CN(CC(=O)O)C2CCCCC2)CC1. The number of carboxylic acid groups (broad SMARTS) is 2. The molecule has 170 valence electrons. The molecular weight excluding hydrogens is 392 g/mol. The standard InChI is InChI=1S/C20H34N4O6/c25-17(10-21-11-19(27)28)22-14-6-8-15(9-7-14)23-18(26)12-24(13-20(29)30)16-4-2-1-3-5-16/h14-16,21H,1-13H2,(H,22,25)(H,23,26)(H,27,28)(H,29,30). The number of hydrogen-bond acceptors (Lipinski definition) is 6. The summed E-state index contributed by atoms with van der Waals surface area (Å²) in [6.07, 6.45) is 8.13. The smallest absolute Gasteiger partial charge is 0.317 e. The van der Waals surface area contributed by atoms with Crippen LogP contribution < -0.4 is 16.0 Å². The molecule has 2 amide bonds. The van der Waals surface area contributed by atoms with Crippen LogP contribution in [0.15, 0.2) is 0 Å². The van der Waals surface area contributed by atoms with E-state index in [4.69, 9.17) is 5.11 Å². The van der Waals surface area contributed by atoms with Crippen LogP contribution in [0.3, 0.4) is 0 Å². The van der Waals surface area contributed by atoms with Crippen molar-refractivity contribution in [1.29, 1.82) is 0 Å². The summed E-state index contributed by atoms with van der Waals surface area (Å²) < 4.78 is 0. The van der Waals surface area contributed by atoms with Crippen LogP contribution in [0.1, 0.15) is 57.8 Å². The van der Waals surface area contributed by atoms with Gasteiger partial charge in [-0.2, -0.15) is 0 Å². The van der Waals surface area contributed by atoms with Crippen molar-refractivity contribution in [3.05, 3.63) is 0 Å². The molecule has 2 rings (SSSR count). The van der Waals surface area contributed by atoms with Crippen LogP contribution in [0.4, 0.5) is 0 Å². The molecule has 2 fully saturated rings. The average molecular weight is 427 g/mol. The third-order valence-corrected chi connectivity index (χ3v) is 5.80. The van der Waals surface area contributed by atoms with Crippen LogP contribution in [0, 0.1) is 0 Å². The van der Waals surface area contributed by atoms with Crippen molar-refractivity contribution in [3.63, 3.8) is 0 Å². The number of hydrogen-bond donors (Lipinski definition) is 5. The minimum atomic E-state index is -1.01. The van der Waals surface area contributed by atoms with E-state index in [1.165, 1.54) is 6.42 Å². The third-order valence-electron chi connectivity index (χ3n) is 5.80. The van der Waals surface area contributed by atoms with Crippen LogP contribution in [-0.2, 0) is 19.2 Å². The van der Waals surface area contributed by atoms with Crippen molar-refractivity contribution in [3.8, 4) is 0 Å². The molecule has 0 aromatic heterocycles. The Morgan fingerprint density at radius 2 is 1.27 bits per heavy atom. The summed E-state index contributed by atoms with van der Waals surface area (Å²) in [7, 11) is 0. The van der Waals surface area contributed by atoms with E-state index in [1.807, 2.05) is 0 Å². The fraction of sp³-hybridized carbons (Fsp3) is 0.800. The van der Waals surface area contributed by atoms with Gasteiger partial charge in [0.1, 0.15) is 0 Å². The number of amides is 2. The minimum Gasteiger partial charge on any atom is -0.480 e. The van der Waals surface area contributed by atoms with E-state index in [0.29, 0.717) is 0 Å². The van der Waals surface area contributed by atoms with Crippen LogP contribution in [-0.4, -0.2) is 83.2 Å². The van der Waals surface area contributed by atoms with Crippen molar-refractivity contribution in [1.82, 2.24) is 20.9 Å². The van der Waals surface area contributed by atoms with Gasteiger partial charge < -0.3 is 20.8 Å². The normalized spacial score (nSPS) is 22.4. The van der Waals surface area contributed by atoms with E-state index in [9.17, 15) is 24.3 Å². The van der Waals surface area contributed by atoms with Gasteiger partial charge in [-0.1, -0.05) is 19.3 Å². The molecule has 0 bridgehead atoms. The molecule has 0 spiro atoms. The molecule has 0 saturated heterocycles. The van der Waals surface area contributed by atoms with Gasteiger partial charge in [-0.05, 0) is 38.5 Å². The predicted octanol–water partition coefficient (Wildman–Crippen LogP) is -0.0765. The van der Waals surface area contributed by atoms with Crippen molar-refractivity contribution < 1.29 is 29.4 Å². The average Bonchev–Trinajstić information content (AvgIpc) is 2.69. The van der Waals surface area contributed by atoms with E-state index in [2.05, 4.69) is 16.0 Å². The van der Waals surface area contributed by atoms with Crippen molar-refractivity contribution in [2.75, 3.05) is 26.2 Å². The summed E-state index contributed by atoms with van der Waals surface area (Å²) in [6.45, 7) is -0.314. The Labute approximate surface area is 176 Å². The molecule has 2 aliphatic carbocycles. The first-order valence-corrected chi connectivity index (χ1v) is 10.8. The number of nitrogens with one attached hydrogen (secondary N) is 3. The maximum Gasteiger partial charge on any atom is 0.317 e. The molecule has 0 aliphatic heterocycles. The van der Waals surface area contributed by atoms with Gasteiger partial charge in [0, 0.05) is 18.1 Å². The highest BCUT2D eigenvalue weighted by atomic mass is 16.4. The Morgan fingerprint density at radius 3 is 1.80 bits per heavy atom. The lowest BCUT2D eigenvalue weighted by atomic mass is 9.91. The van der Waals surface area contributed by atoms with E-state index >= 15 is 0 Å². The number of rotatable bonds is 11. The summed E-state index contributed by atoms with van der Waals surface area (Å²) in [5.41, 5.74) is 0. The van der Waals surface area contributed by atoms with Gasteiger partial charge in [0.2, 0.25) is 11.8 Å². The van der Waals surface area contributed by atoms with E-state index in [1.54, 1.807) is 4.90 Å². The van der Waals surface area contributed by atoms with Gasteiger partial charge in [0.15, 0.2) is 0 Å². The lowest BCUT2D eigenvalue weighted by molar-refractivity contribution is -0.140. The Bertz CT molecular complexity index is 600. The molecule has 10 heteroatoms. The summed E-state index contributed by atoms with van der Waals surface area (Å²) in [6, 6.07) is 0.193. The van der Waals surface area contributed by atoms with Gasteiger partial charge in [-0.15, -0.1) is 0 Å². The monoisotopic (exact) mass is 426 g/mol. The number of carbonyl (C=O) groups is 4. The minimum absolute atomic E-state index is 0.0167. The molecule has 0 unspecified atom stereocenters. The summed E-state index contributed by atoms with van der Waals surface area (Å²) >= 11 is 0. The zero-order valence-corrected chi connectivity index (χ0v) is 17.4. The second-order valence-corrected chi connectivity index (χ2v) is 8.27. The lowest BCUT2D eigenvalue weighted by Gasteiger charge is -2.34. The number of aliphatic carboxylic acids is 2. The van der Waals surface area contributed by atoms with Gasteiger partial charge in [-0.3, -0.25) is 29.4 Å². The summed E-state index contributed by atoms with van der Waals surface area (Å²) in [4.78, 5) is 47.8. The van der Waals surface area contributed by atoms with Gasteiger partial charge in [0.05, 0.1) is 26.2 Å². The molecule has 10 nitrogen and oxygen atoms in total. The molecule has 30 heavy (non-hydrogen) atoms. The highest BCUT2D eigenvalue weighted by Gasteiger charge is 2.27. The van der Waals surface area contributed by atoms with E-state index in [-0.39, 0.29) is 56.1 Å². The van der Waals surface area contributed by atoms with Gasteiger partial charge >= 0.3 is 11.9 Å². The Hall–Kier alpha value is -2.20. The quantitative estimate of drug-likeness (QED) is 0.308. The first kappa shape index (κ1) is 24.1. The summed E-state index contributed by atoms with van der Waals surface area (Å²) in [5.74, 6) is -2.31. The molecule has 0 radical (unpaired) electrons. The topological polar surface area (TPSA) is 148 Å². The fourth-order valence-electron chi connectivity index (χ4n) is 4.34. The molecule has 2 aliphatic rings. The summed E-state index contributed by atoms with van der Waals surface area (Å²) in [5, 5.41) is 26.2. The van der Waals surface area contributed by atoms with Gasteiger partial charge in [-0.25, -0.2) is 0 Å². The molecule has 0 atom stereocenters. The molecule has 0 aromatic rings.